The van der Waals surface area contributed by atoms with E-state index in [2.05, 4.69) is 26.9 Å². The summed E-state index contributed by atoms with van der Waals surface area (Å²) < 4.78 is 0. The Morgan fingerprint density at radius 3 is 2.68 bits per heavy atom. The van der Waals surface area contributed by atoms with Gasteiger partial charge in [-0.3, -0.25) is 0 Å². The second-order valence-corrected chi connectivity index (χ2v) is 7.13. The van der Waals surface area contributed by atoms with Gasteiger partial charge in [-0.2, -0.15) is 11.8 Å². The third-order valence-corrected chi connectivity index (χ3v) is 5.19. The molecule has 1 aromatic rings. The van der Waals surface area contributed by atoms with E-state index in [1.807, 2.05) is 18.7 Å². The second-order valence-electron chi connectivity index (χ2n) is 5.90. The van der Waals surface area contributed by atoms with Crippen LogP contribution in [-0.2, 0) is 6.54 Å². The van der Waals surface area contributed by atoms with Gasteiger partial charge in [0.2, 0.25) is 0 Å². The zero-order valence-electron chi connectivity index (χ0n) is 13.3. The minimum Gasteiger partial charge on any atom is -0.370 e. The van der Waals surface area contributed by atoms with Gasteiger partial charge in [0, 0.05) is 48.9 Å². The first-order valence-corrected chi connectivity index (χ1v) is 9.23. The number of rotatable bonds is 3. The number of pyridine rings is 1. The molecule has 3 rings (SSSR count). The molecule has 2 fully saturated rings. The van der Waals surface area contributed by atoms with Crippen LogP contribution in [0.25, 0.3) is 0 Å². The molecule has 0 aromatic carbocycles. The molecule has 0 spiro atoms. The van der Waals surface area contributed by atoms with Crippen LogP contribution in [0.2, 0.25) is 0 Å². The molecule has 2 aliphatic heterocycles. The molecule has 0 radical (unpaired) electrons. The molecular formula is C16H25N5S. The number of aromatic nitrogens is 1. The normalized spacial score (nSPS) is 19.8. The first-order chi connectivity index (χ1) is 10.7. The van der Waals surface area contributed by atoms with Gasteiger partial charge in [0.1, 0.15) is 5.82 Å². The van der Waals surface area contributed by atoms with Gasteiger partial charge in [-0.1, -0.05) is 6.07 Å². The molecule has 2 saturated heterocycles. The van der Waals surface area contributed by atoms with E-state index in [9.17, 15) is 0 Å². The molecule has 5 nitrogen and oxygen atoms in total. The summed E-state index contributed by atoms with van der Waals surface area (Å²) in [5, 5.41) is 0. The van der Waals surface area contributed by atoms with Crippen molar-refractivity contribution >= 4 is 23.5 Å². The van der Waals surface area contributed by atoms with Crippen LogP contribution in [0.4, 0.5) is 5.82 Å². The van der Waals surface area contributed by atoms with E-state index in [0.29, 0.717) is 12.5 Å². The first kappa shape index (κ1) is 15.5. The number of hydrogen-bond acceptors (Lipinski definition) is 4. The molecule has 1 aromatic heterocycles. The third-order valence-electron chi connectivity index (χ3n) is 4.25. The zero-order chi connectivity index (χ0) is 15.4. The summed E-state index contributed by atoms with van der Waals surface area (Å²) in [6.07, 6.45) is 2.51. The fraction of sp³-hybridized carbons (Fsp3) is 0.625. The molecule has 2 aliphatic rings. The maximum Gasteiger partial charge on any atom is 0.191 e. The summed E-state index contributed by atoms with van der Waals surface area (Å²) in [4.78, 5) is 13.9. The van der Waals surface area contributed by atoms with Gasteiger partial charge in [0.25, 0.3) is 0 Å². The number of nitrogens with zero attached hydrogens (tertiary/aromatic N) is 4. The summed E-state index contributed by atoms with van der Waals surface area (Å²) >= 11 is 1.98. The van der Waals surface area contributed by atoms with Crippen LogP contribution >= 0.6 is 11.8 Å². The average molecular weight is 319 g/mol. The Morgan fingerprint density at radius 1 is 1.23 bits per heavy atom. The average Bonchev–Trinajstić information content (AvgIpc) is 3.08. The number of nitrogens with two attached hydrogens (primary N) is 1. The van der Waals surface area contributed by atoms with E-state index in [4.69, 9.17) is 10.7 Å². The van der Waals surface area contributed by atoms with E-state index in [0.717, 1.165) is 49.2 Å². The van der Waals surface area contributed by atoms with Crippen LogP contribution in [0.1, 0.15) is 24.1 Å². The lowest BCUT2D eigenvalue weighted by Gasteiger charge is -2.27. The molecule has 120 valence electrons. The van der Waals surface area contributed by atoms with Crippen molar-refractivity contribution < 1.29 is 0 Å². The molecule has 2 N–H and O–H groups in total. The van der Waals surface area contributed by atoms with Crippen molar-refractivity contribution in [2.24, 2.45) is 10.7 Å². The quantitative estimate of drug-likeness (QED) is 0.681. The maximum atomic E-state index is 6.16. The number of aliphatic imine (C=N–C) groups is 1. The van der Waals surface area contributed by atoms with E-state index in [-0.39, 0.29) is 0 Å². The largest absolute Gasteiger partial charge is 0.370 e. The molecular weight excluding hydrogens is 294 g/mol. The molecule has 0 amide bonds. The smallest absolute Gasteiger partial charge is 0.191 e. The highest BCUT2D eigenvalue weighted by molar-refractivity contribution is 7.99. The Bertz CT molecular complexity index is 533. The maximum absolute atomic E-state index is 6.16. The fourth-order valence-electron chi connectivity index (χ4n) is 2.96. The number of guanidine groups is 1. The van der Waals surface area contributed by atoms with Crippen molar-refractivity contribution in [2.45, 2.75) is 26.3 Å². The van der Waals surface area contributed by atoms with Crippen LogP contribution in [0.3, 0.4) is 0 Å². The van der Waals surface area contributed by atoms with Crippen molar-refractivity contribution in [2.75, 3.05) is 42.6 Å². The second kappa shape index (κ2) is 7.22. The lowest BCUT2D eigenvalue weighted by atomic mass is 10.2. The first-order valence-electron chi connectivity index (χ1n) is 8.08. The lowest BCUT2D eigenvalue weighted by Crippen LogP contribution is -2.42. The van der Waals surface area contributed by atoms with Gasteiger partial charge in [0.05, 0.1) is 6.54 Å². The van der Waals surface area contributed by atoms with Gasteiger partial charge < -0.3 is 15.5 Å². The van der Waals surface area contributed by atoms with Gasteiger partial charge in [0.15, 0.2) is 5.96 Å². The number of aryl methyl sites for hydroxylation is 1. The SMILES string of the molecule is Cc1ccc(CN=C(N)N2CCSCC2)c(N2CCCC2)n1. The van der Waals surface area contributed by atoms with Crippen LogP contribution in [0, 0.1) is 6.92 Å². The molecule has 0 unspecified atom stereocenters. The van der Waals surface area contributed by atoms with Crippen LogP contribution in [0.15, 0.2) is 17.1 Å². The van der Waals surface area contributed by atoms with Crippen LogP contribution < -0.4 is 10.6 Å². The Morgan fingerprint density at radius 2 is 1.95 bits per heavy atom. The highest BCUT2D eigenvalue weighted by atomic mass is 32.2. The highest BCUT2D eigenvalue weighted by Crippen LogP contribution is 2.23. The third kappa shape index (κ3) is 3.66. The van der Waals surface area contributed by atoms with Gasteiger partial charge >= 0.3 is 0 Å². The number of anilines is 1. The molecule has 6 heteroatoms. The van der Waals surface area contributed by atoms with Gasteiger partial charge in [-0.05, 0) is 25.8 Å². The molecule has 0 bridgehead atoms. The summed E-state index contributed by atoms with van der Waals surface area (Å²) in [6.45, 7) is 6.88. The summed E-state index contributed by atoms with van der Waals surface area (Å²) in [6, 6.07) is 4.22. The predicted octanol–water partition coefficient (Wildman–Crippen LogP) is 1.85. The topological polar surface area (TPSA) is 57.8 Å². The van der Waals surface area contributed by atoms with Crippen LogP contribution in [0.5, 0.6) is 0 Å². The number of hydrogen-bond donors (Lipinski definition) is 1. The van der Waals surface area contributed by atoms with Crippen molar-refractivity contribution in [1.82, 2.24) is 9.88 Å². The van der Waals surface area contributed by atoms with Gasteiger partial charge in [-0.25, -0.2) is 9.98 Å². The van der Waals surface area contributed by atoms with Crippen LogP contribution in [-0.4, -0.2) is 53.5 Å². The fourth-order valence-corrected chi connectivity index (χ4v) is 3.86. The van der Waals surface area contributed by atoms with E-state index >= 15 is 0 Å². The van der Waals surface area contributed by atoms with Crippen molar-refractivity contribution in [1.29, 1.82) is 0 Å². The minimum atomic E-state index is 0.620. The molecule has 0 atom stereocenters. The van der Waals surface area contributed by atoms with E-state index < -0.39 is 0 Å². The Kier molecular flexibility index (Phi) is 5.08. The Balaban J connectivity index is 1.73. The zero-order valence-corrected chi connectivity index (χ0v) is 14.1. The van der Waals surface area contributed by atoms with Crippen molar-refractivity contribution in [3.63, 3.8) is 0 Å². The van der Waals surface area contributed by atoms with Crippen molar-refractivity contribution in [3.8, 4) is 0 Å². The molecule has 0 aliphatic carbocycles. The highest BCUT2D eigenvalue weighted by Gasteiger charge is 2.18. The van der Waals surface area contributed by atoms with E-state index in [1.165, 1.54) is 18.4 Å². The monoisotopic (exact) mass is 319 g/mol. The molecule has 3 heterocycles. The van der Waals surface area contributed by atoms with Crippen molar-refractivity contribution in [3.05, 3.63) is 23.4 Å². The van der Waals surface area contributed by atoms with E-state index in [1.54, 1.807) is 0 Å². The molecule has 0 saturated carbocycles. The summed E-state index contributed by atoms with van der Waals surface area (Å²) in [5.41, 5.74) is 8.41. The Labute approximate surface area is 137 Å². The minimum absolute atomic E-state index is 0.620. The lowest BCUT2D eigenvalue weighted by molar-refractivity contribution is 0.455. The standard InChI is InChI=1S/C16H25N5S/c1-13-4-5-14(15(19-13)20-6-2-3-7-20)12-18-16(17)21-8-10-22-11-9-21/h4-5H,2-3,6-12H2,1H3,(H2,17,18). The number of thioether (sulfide) groups is 1. The van der Waals surface area contributed by atoms with Gasteiger partial charge in [-0.15, -0.1) is 0 Å². The summed E-state index contributed by atoms with van der Waals surface area (Å²) in [5.74, 6) is 4.05. The Hall–Kier alpha value is -1.43. The predicted molar refractivity (Wildman–Crippen MR) is 94.6 cm³/mol. The molecule has 22 heavy (non-hydrogen) atoms. The summed E-state index contributed by atoms with van der Waals surface area (Å²) in [7, 11) is 0.